The van der Waals surface area contributed by atoms with Gasteiger partial charge in [0.2, 0.25) is 5.91 Å². The second-order valence-corrected chi connectivity index (χ2v) is 8.23. The average molecular weight is 374 g/mol. The minimum atomic E-state index is 0.260. The summed E-state index contributed by atoms with van der Waals surface area (Å²) in [7, 11) is 2.05. The molecule has 0 N–H and O–H groups in total. The van der Waals surface area contributed by atoms with Gasteiger partial charge in [0, 0.05) is 56.4 Å². The molecule has 0 radical (unpaired) electrons. The maximum atomic E-state index is 13.0. The first kappa shape index (κ1) is 17.5. The van der Waals surface area contributed by atoms with Crippen LogP contribution in [0.1, 0.15) is 23.1 Å². The zero-order valence-corrected chi connectivity index (χ0v) is 16.5. The zero-order chi connectivity index (χ0) is 19.1. The summed E-state index contributed by atoms with van der Waals surface area (Å²) in [6.07, 6.45) is 4.81. The van der Waals surface area contributed by atoms with Gasteiger partial charge in [-0.2, -0.15) is 0 Å². The Balaban J connectivity index is 1.25. The Bertz CT molecular complexity index is 1020. The standard InChI is InChI=1S/C24H27N3O/c1-25-15-20(22-8-4-5-9-23(22)25)14-24(28)27-13-11-21(17-27)26-12-10-18-6-2-3-7-19(18)16-26/h2-9,15,21H,10-14,16-17H2,1H3. The van der Waals surface area contributed by atoms with Gasteiger partial charge in [0.15, 0.2) is 0 Å². The minimum absolute atomic E-state index is 0.260. The van der Waals surface area contributed by atoms with E-state index in [1.165, 1.54) is 22.0 Å². The van der Waals surface area contributed by atoms with Gasteiger partial charge in [-0.15, -0.1) is 0 Å². The fourth-order valence-corrected chi connectivity index (χ4v) is 4.94. The molecule has 2 aliphatic heterocycles. The van der Waals surface area contributed by atoms with Crippen molar-refractivity contribution in [2.45, 2.75) is 31.8 Å². The molecule has 1 amide bonds. The number of aromatic nitrogens is 1. The largest absolute Gasteiger partial charge is 0.350 e. The lowest BCUT2D eigenvalue weighted by molar-refractivity contribution is -0.129. The summed E-state index contributed by atoms with van der Waals surface area (Å²) < 4.78 is 2.12. The van der Waals surface area contributed by atoms with Crippen LogP contribution in [-0.2, 0) is 31.2 Å². The number of carbonyl (C=O) groups excluding carboxylic acids is 1. The summed E-state index contributed by atoms with van der Waals surface area (Å²) in [5.74, 6) is 0.260. The first-order valence-corrected chi connectivity index (χ1v) is 10.3. The molecule has 3 aromatic rings. The van der Waals surface area contributed by atoms with Crippen LogP contribution >= 0.6 is 0 Å². The van der Waals surface area contributed by atoms with Crippen molar-refractivity contribution >= 4 is 16.8 Å². The molecule has 1 atom stereocenters. The van der Waals surface area contributed by atoms with E-state index in [0.29, 0.717) is 12.5 Å². The maximum Gasteiger partial charge on any atom is 0.227 e. The number of nitrogens with zero attached hydrogens (tertiary/aromatic N) is 3. The van der Waals surface area contributed by atoms with Crippen molar-refractivity contribution in [2.75, 3.05) is 19.6 Å². The highest BCUT2D eigenvalue weighted by Crippen LogP contribution is 2.26. The topological polar surface area (TPSA) is 28.5 Å². The van der Waals surface area contributed by atoms with Crippen LogP contribution in [0.4, 0.5) is 0 Å². The summed E-state index contributed by atoms with van der Waals surface area (Å²) in [4.78, 5) is 17.6. The van der Waals surface area contributed by atoms with Crippen LogP contribution < -0.4 is 0 Å². The molecule has 1 unspecified atom stereocenters. The number of aryl methyl sites for hydroxylation is 1. The summed E-state index contributed by atoms with van der Waals surface area (Å²) in [6, 6.07) is 17.6. The maximum absolute atomic E-state index is 13.0. The lowest BCUT2D eigenvalue weighted by Crippen LogP contribution is -2.41. The van der Waals surface area contributed by atoms with Gasteiger partial charge in [-0.25, -0.2) is 0 Å². The fraction of sp³-hybridized carbons (Fsp3) is 0.375. The molecule has 144 valence electrons. The molecular formula is C24H27N3O. The van der Waals surface area contributed by atoms with Crippen molar-refractivity contribution in [2.24, 2.45) is 7.05 Å². The van der Waals surface area contributed by atoms with Crippen LogP contribution in [0.15, 0.2) is 54.7 Å². The predicted octanol–water partition coefficient (Wildman–Crippen LogP) is 3.38. The number of para-hydroxylation sites is 1. The second kappa shape index (κ2) is 7.10. The first-order chi connectivity index (χ1) is 13.7. The van der Waals surface area contributed by atoms with Gasteiger partial charge < -0.3 is 9.47 Å². The van der Waals surface area contributed by atoms with Crippen LogP contribution in [0, 0.1) is 0 Å². The predicted molar refractivity (Wildman–Crippen MR) is 112 cm³/mol. The summed E-state index contributed by atoms with van der Waals surface area (Å²) >= 11 is 0. The quantitative estimate of drug-likeness (QED) is 0.704. The van der Waals surface area contributed by atoms with Gasteiger partial charge in [-0.3, -0.25) is 9.69 Å². The Morgan fingerprint density at radius 2 is 1.82 bits per heavy atom. The van der Waals surface area contributed by atoms with Crippen LogP contribution in [0.5, 0.6) is 0 Å². The summed E-state index contributed by atoms with van der Waals surface area (Å²) in [6.45, 7) is 3.87. The number of fused-ring (bicyclic) bond motifs is 2. The van der Waals surface area contributed by atoms with E-state index in [-0.39, 0.29) is 5.91 Å². The van der Waals surface area contributed by atoms with Crippen molar-refractivity contribution in [3.05, 3.63) is 71.4 Å². The Morgan fingerprint density at radius 1 is 1.04 bits per heavy atom. The van der Waals surface area contributed by atoms with Crippen LogP contribution in [0.2, 0.25) is 0 Å². The van der Waals surface area contributed by atoms with Gasteiger partial charge in [0.05, 0.1) is 6.42 Å². The van der Waals surface area contributed by atoms with Crippen LogP contribution in [0.3, 0.4) is 0 Å². The lowest BCUT2D eigenvalue weighted by Gasteiger charge is -2.33. The van der Waals surface area contributed by atoms with E-state index < -0.39 is 0 Å². The normalized spacial score (nSPS) is 19.9. The van der Waals surface area contributed by atoms with Gasteiger partial charge >= 0.3 is 0 Å². The number of likely N-dealkylation sites (tertiary alicyclic amines) is 1. The van der Waals surface area contributed by atoms with Crippen molar-refractivity contribution in [1.82, 2.24) is 14.4 Å². The molecule has 0 saturated carbocycles. The van der Waals surface area contributed by atoms with Crippen LogP contribution in [-0.4, -0.2) is 46.0 Å². The molecule has 1 fully saturated rings. The van der Waals surface area contributed by atoms with Gasteiger partial charge in [-0.1, -0.05) is 42.5 Å². The highest BCUT2D eigenvalue weighted by molar-refractivity contribution is 5.89. The van der Waals surface area contributed by atoms with E-state index in [2.05, 4.69) is 76.1 Å². The molecule has 5 rings (SSSR count). The Labute approximate surface area is 166 Å². The van der Waals surface area contributed by atoms with Crippen LogP contribution in [0.25, 0.3) is 10.9 Å². The number of benzene rings is 2. The number of hydrogen-bond acceptors (Lipinski definition) is 2. The molecule has 1 aromatic heterocycles. The highest BCUT2D eigenvalue weighted by atomic mass is 16.2. The molecule has 4 heteroatoms. The van der Waals surface area contributed by atoms with Gasteiger partial charge in [-0.05, 0) is 35.6 Å². The molecule has 3 heterocycles. The third kappa shape index (κ3) is 3.12. The molecule has 0 aliphatic carbocycles. The van der Waals surface area contributed by atoms with Crippen molar-refractivity contribution in [3.63, 3.8) is 0 Å². The number of carbonyl (C=O) groups is 1. The van der Waals surface area contributed by atoms with E-state index in [4.69, 9.17) is 0 Å². The third-order valence-corrected chi connectivity index (χ3v) is 6.51. The van der Waals surface area contributed by atoms with Gasteiger partial charge in [0.25, 0.3) is 0 Å². The van der Waals surface area contributed by atoms with E-state index >= 15 is 0 Å². The molecular weight excluding hydrogens is 346 g/mol. The number of hydrogen-bond donors (Lipinski definition) is 0. The highest BCUT2D eigenvalue weighted by Gasteiger charge is 2.32. The van der Waals surface area contributed by atoms with E-state index in [1.807, 2.05) is 0 Å². The molecule has 4 nitrogen and oxygen atoms in total. The van der Waals surface area contributed by atoms with Crippen molar-refractivity contribution in [1.29, 1.82) is 0 Å². The fourth-order valence-electron chi connectivity index (χ4n) is 4.94. The molecule has 28 heavy (non-hydrogen) atoms. The second-order valence-electron chi connectivity index (χ2n) is 8.23. The molecule has 0 spiro atoms. The smallest absolute Gasteiger partial charge is 0.227 e. The minimum Gasteiger partial charge on any atom is -0.350 e. The van der Waals surface area contributed by atoms with Gasteiger partial charge in [0.1, 0.15) is 0 Å². The Morgan fingerprint density at radius 3 is 2.71 bits per heavy atom. The molecule has 2 aliphatic rings. The molecule has 1 saturated heterocycles. The van der Waals surface area contributed by atoms with E-state index in [9.17, 15) is 4.79 Å². The Kier molecular flexibility index (Phi) is 4.44. The van der Waals surface area contributed by atoms with E-state index in [0.717, 1.165) is 44.6 Å². The molecule has 2 aromatic carbocycles. The monoisotopic (exact) mass is 373 g/mol. The van der Waals surface area contributed by atoms with Crippen molar-refractivity contribution in [3.8, 4) is 0 Å². The Hall–Kier alpha value is -2.59. The summed E-state index contributed by atoms with van der Waals surface area (Å²) in [5, 5.41) is 1.20. The SMILES string of the molecule is Cn1cc(CC(=O)N2CCC(N3CCc4ccccc4C3)C2)c2ccccc21. The zero-order valence-electron chi connectivity index (χ0n) is 16.5. The first-order valence-electron chi connectivity index (χ1n) is 10.3. The number of amides is 1. The summed E-state index contributed by atoms with van der Waals surface area (Å²) in [5.41, 5.74) is 5.27. The van der Waals surface area contributed by atoms with Crippen molar-refractivity contribution < 1.29 is 4.79 Å². The number of rotatable bonds is 3. The van der Waals surface area contributed by atoms with E-state index in [1.54, 1.807) is 0 Å². The average Bonchev–Trinajstić information content (AvgIpc) is 3.34. The molecule has 0 bridgehead atoms. The third-order valence-electron chi connectivity index (χ3n) is 6.51. The lowest BCUT2D eigenvalue weighted by atomic mass is 9.98.